The Labute approximate surface area is 199 Å². The molecule has 1 atom stereocenters. The van der Waals surface area contributed by atoms with E-state index < -0.39 is 17.7 Å². The van der Waals surface area contributed by atoms with Gasteiger partial charge in [-0.3, -0.25) is 9.59 Å². The summed E-state index contributed by atoms with van der Waals surface area (Å²) in [7, 11) is 1.56. The van der Waals surface area contributed by atoms with Crippen LogP contribution in [0.15, 0.2) is 84.4 Å². The molecule has 34 heavy (non-hydrogen) atoms. The number of hydrogen-bond donors (Lipinski definition) is 1. The maximum Gasteiger partial charge on any atom is 0.295 e. The SMILES string of the molecule is COc1cccc(C2/C(=C(/O)c3ccccc3)C(=O)C(=O)N2Cc2cccc(OC(C)C)c2)c1. The minimum absolute atomic E-state index is 0.00661. The molecule has 6 nitrogen and oxygen atoms in total. The molecule has 1 unspecified atom stereocenters. The number of ketones is 1. The third-order valence-electron chi connectivity index (χ3n) is 5.62. The molecule has 1 heterocycles. The second-order valence-electron chi connectivity index (χ2n) is 8.38. The lowest BCUT2D eigenvalue weighted by Crippen LogP contribution is -2.29. The van der Waals surface area contributed by atoms with Crippen LogP contribution in [0.2, 0.25) is 0 Å². The van der Waals surface area contributed by atoms with E-state index in [-0.39, 0.29) is 24.0 Å². The molecule has 1 saturated heterocycles. The van der Waals surface area contributed by atoms with Crippen molar-refractivity contribution in [1.82, 2.24) is 4.90 Å². The van der Waals surface area contributed by atoms with E-state index in [1.165, 1.54) is 4.90 Å². The van der Waals surface area contributed by atoms with E-state index in [2.05, 4.69) is 0 Å². The van der Waals surface area contributed by atoms with Crippen molar-refractivity contribution in [3.05, 3.63) is 101 Å². The highest BCUT2D eigenvalue weighted by Crippen LogP contribution is 2.41. The van der Waals surface area contributed by atoms with Crippen molar-refractivity contribution in [2.45, 2.75) is 32.5 Å². The van der Waals surface area contributed by atoms with Crippen LogP contribution in [0.3, 0.4) is 0 Å². The van der Waals surface area contributed by atoms with Crippen LogP contribution in [0.4, 0.5) is 0 Å². The number of aliphatic hydroxyl groups is 1. The topological polar surface area (TPSA) is 76.1 Å². The van der Waals surface area contributed by atoms with E-state index in [1.807, 2.05) is 50.2 Å². The first-order valence-corrected chi connectivity index (χ1v) is 11.1. The molecule has 1 aliphatic heterocycles. The van der Waals surface area contributed by atoms with Crippen molar-refractivity contribution in [2.75, 3.05) is 7.11 Å². The van der Waals surface area contributed by atoms with E-state index in [4.69, 9.17) is 9.47 Å². The van der Waals surface area contributed by atoms with E-state index in [0.29, 0.717) is 22.6 Å². The summed E-state index contributed by atoms with van der Waals surface area (Å²) in [6.07, 6.45) is 0.00661. The highest BCUT2D eigenvalue weighted by Gasteiger charge is 2.46. The van der Waals surface area contributed by atoms with Crippen LogP contribution in [0.5, 0.6) is 11.5 Å². The van der Waals surface area contributed by atoms with E-state index >= 15 is 0 Å². The third-order valence-corrected chi connectivity index (χ3v) is 5.62. The van der Waals surface area contributed by atoms with Crippen LogP contribution in [0.25, 0.3) is 5.76 Å². The first kappa shape index (κ1) is 23.1. The van der Waals surface area contributed by atoms with Gasteiger partial charge >= 0.3 is 0 Å². The smallest absolute Gasteiger partial charge is 0.295 e. The number of nitrogens with zero attached hydrogens (tertiary/aromatic N) is 1. The minimum Gasteiger partial charge on any atom is -0.507 e. The Hall–Kier alpha value is -4.06. The highest BCUT2D eigenvalue weighted by molar-refractivity contribution is 6.46. The number of likely N-dealkylation sites (tertiary alicyclic amines) is 1. The van der Waals surface area contributed by atoms with Gasteiger partial charge in [-0.25, -0.2) is 0 Å². The number of aliphatic hydroxyl groups excluding tert-OH is 1. The molecule has 0 radical (unpaired) electrons. The quantitative estimate of drug-likeness (QED) is 0.303. The molecule has 0 spiro atoms. The molecule has 1 N–H and O–H groups in total. The van der Waals surface area contributed by atoms with Crippen molar-refractivity contribution >= 4 is 17.4 Å². The lowest BCUT2D eigenvalue weighted by atomic mass is 9.95. The second kappa shape index (κ2) is 9.83. The maximum absolute atomic E-state index is 13.2. The molecule has 1 aliphatic rings. The van der Waals surface area contributed by atoms with Gasteiger partial charge in [0.2, 0.25) is 0 Å². The largest absolute Gasteiger partial charge is 0.507 e. The van der Waals surface area contributed by atoms with Crippen LogP contribution in [0, 0.1) is 0 Å². The molecule has 0 aromatic heterocycles. The molecule has 174 valence electrons. The normalized spacial score (nSPS) is 17.3. The number of Topliss-reactive ketones (excluding diaryl/α,β-unsaturated/α-hetero) is 1. The molecule has 3 aromatic rings. The second-order valence-corrected chi connectivity index (χ2v) is 8.38. The number of benzene rings is 3. The Morgan fingerprint density at radius 1 is 0.941 bits per heavy atom. The fraction of sp³-hybridized carbons (Fsp3) is 0.214. The monoisotopic (exact) mass is 457 g/mol. The summed E-state index contributed by atoms with van der Waals surface area (Å²) in [6.45, 7) is 4.06. The molecular weight excluding hydrogens is 430 g/mol. The number of methoxy groups -OCH3 is 1. The van der Waals surface area contributed by atoms with Gasteiger partial charge in [-0.15, -0.1) is 0 Å². The van der Waals surface area contributed by atoms with E-state index in [0.717, 1.165) is 5.56 Å². The van der Waals surface area contributed by atoms with E-state index in [1.54, 1.807) is 49.6 Å². The average Bonchev–Trinajstić information content (AvgIpc) is 3.09. The maximum atomic E-state index is 13.2. The number of rotatable bonds is 7. The third kappa shape index (κ3) is 4.66. The van der Waals surface area contributed by atoms with Crippen LogP contribution < -0.4 is 9.47 Å². The summed E-state index contributed by atoms with van der Waals surface area (Å²) in [4.78, 5) is 27.9. The van der Waals surface area contributed by atoms with Gasteiger partial charge in [-0.2, -0.15) is 0 Å². The summed E-state index contributed by atoms with van der Waals surface area (Å²) < 4.78 is 11.2. The van der Waals surface area contributed by atoms with Crippen LogP contribution in [-0.2, 0) is 16.1 Å². The standard InChI is InChI=1S/C28H27NO5/c1-18(2)34-23-14-7-9-19(15-23)17-29-25(21-12-8-13-22(16-21)33-3)24(27(31)28(29)32)26(30)20-10-5-4-6-11-20/h4-16,18,25,30H,17H2,1-3H3/b26-24-. The molecule has 1 fully saturated rings. The number of carbonyl (C=O) groups is 2. The van der Waals surface area contributed by atoms with Gasteiger partial charge < -0.3 is 19.5 Å². The number of carbonyl (C=O) groups excluding carboxylic acids is 2. The van der Waals surface area contributed by atoms with Gasteiger partial charge in [0.05, 0.1) is 24.8 Å². The molecule has 0 saturated carbocycles. The van der Waals surface area contributed by atoms with E-state index in [9.17, 15) is 14.7 Å². The summed E-state index contributed by atoms with van der Waals surface area (Å²) in [6, 6.07) is 22.6. The van der Waals surface area contributed by atoms with Crippen LogP contribution in [0.1, 0.15) is 36.6 Å². The fourth-order valence-corrected chi connectivity index (χ4v) is 4.14. The molecule has 0 aliphatic carbocycles. The predicted octanol–water partition coefficient (Wildman–Crippen LogP) is 5.10. The lowest BCUT2D eigenvalue weighted by molar-refractivity contribution is -0.140. The fourth-order valence-electron chi connectivity index (χ4n) is 4.14. The number of ether oxygens (including phenoxy) is 2. The van der Waals surface area contributed by atoms with Gasteiger partial charge in [-0.05, 0) is 49.2 Å². The van der Waals surface area contributed by atoms with Crippen molar-refractivity contribution in [3.8, 4) is 11.5 Å². The zero-order valence-corrected chi connectivity index (χ0v) is 19.4. The Kier molecular flexibility index (Phi) is 6.68. The van der Waals surface area contributed by atoms with Crippen molar-refractivity contribution in [2.24, 2.45) is 0 Å². The Bertz CT molecular complexity index is 1230. The summed E-state index contributed by atoms with van der Waals surface area (Å²) in [5, 5.41) is 11.1. The molecule has 1 amide bonds. The first-order valence-electron chi connectivity index (χ1n) is 11.1. The average molecular weight is 458 g/mol. The lowest BCUT2D eigenvalue weighted by Gasteiger charge is -2.26. The van der Waals surface area contributed by atoms with Gasteiger partial charge in [0.15, 0.2) is 0 Å². The van der Waals surface area contributed by atoms with Crippen molar-refractivity contribution in [1.29, 1.82) is 0 Å². The predicted molar refractivity (Wildman–Crippen MR) is 129 cm³/mol. The minimum atomic E-state index is -0.773. The zero-order valence-electron chi connectivity index (χ0n) is 19.4. The summed E-state index contributed by atoms with van der Waals surface area (Å²) in [5.41, 5.74) is 2.01. The molecule has 6 heteroatoms. The van der Waals surface area contributed by atoms with Crippen molar-refractivity contribution < 1.29 is 24.2 Å². The molecule has 0 bridgehead atoms. The molecular formula is C28H27NO5. The van der Waals surface area contributed by atoms with Gasteiger partial charge in [0, 0.05) is 12.1 Å². The Balaban J connectivity index is 1.81. The first-order chi connectivity index (χ1) is 16.4. The zero-order chi connectivity index (χ0) is 24.2. The van der Waals surface area contributed by atoms with Crippen molar-refractivity contribution in [3.63, 3.8) is 0 Å². The molecule has 4 rings (SSSR count). The van der Waals surface area contributed by atoms with Gasteiger partial charge in [0.25, 0.3) is 11.7 Å². The summed E-state index contributed by atoms with van der Waals surface area (Å²) in [5.74, 6) is -0.308. The number of hydrogen-bond acceptors (Lipinski definition) is 5. The molecule has 3 aromatic carbocycles. The highest BCUT2D eigenvalue weighted by atomic mass is 16.5. The van der Waals surface area contributed by atoms with Gasteiger partial charge in [0.1, 0.15) is 17.3 Å². The number of amides is 1. The Morgan fingerprint density at radius 2 is 1.65 bits per heavy atom. The summed E-state index contributed by atoms with van der Waals surface area (Å²) >= 11 is 0. The van der Waals surface area contributed by atoms with Gasteiger partial charge in [-0.1, -0.05) is 54.6 Å². The van der Waals surface area contributed by atoms with Crippen LogP contribution >= 0.6 is 0 Å². The Morgan fingerprint density at radius 3 is 2.35 bits per heavy atom. The van der Waals surface area contributed by atoms with Crippen LogP contribution in [-0.4, -0.2) is 34.9 Å².